The van der Waals surface area contributed by atoms with Crippen LogP contribution in [0.15, 0.2) is 64.9 Å². The first-order chi connectivity index (χ1) is 8.75. The molecule has 18 heavy (non-hydrogen) atoms. The lowest BCUT2D eigenvalue weighted by molar-refractivity contribution is 1.11. The highest BCUT2D eigenvalue weighted by molar-refractivity contribution is 5.51. The zero-order valence-electron chi connectivity index (χ0n) is 10.5. The van der Waals surface area contributed by atoms with Crippen LogP contribution in [-0.2, 0) is 0 Å². The molecule has 2 aromatic rings. The van der Waals surface area contributed by atoms with E-state index in [2.05, 4.69) is 15.8 Å². The summed E-state index contributed by atoms with van der Waals surface area (Å²) in [6.07, 6.45) is 0. The van der Waals surface area contributed by atoms with E-state index in [1.165, 1.54) is 0 Å². The van der Waals surface area contributed by atoms with Gasteiger partial charge in [0.1, 0.15) is 0 Å². The maximum atomic E-state index is 4.10. The molecular weight excluding hydrogens is 224 g/mol. The highest BCUT2D eigenvalue weighted by Gasteiger charge is 1.94. The Hall–Kier alpha value is -2.36. The predicted molar refractivity (Wildman–Crippen MR) is 75.3 cm³/mol. The zero-order chi connectivity index (χ0) is 12.8. The number of rotatable bonds is 4. The van der Waals surface area contributed by atoms with Crippen molar-refractivity contribution in [2.75, 3.05) is 24.4 Å². The second-order valence-electron chi connectivity index (χ2n) is 4.09. The Kier molecular flexibility index (Phi) is 3.91. The maximum Gasteiger partial charge on any atom is 0.0875 e. The molecule has 0 unspecified atom stereocenters. The van der Waals surface area contributed by atoms with Crippen LogP contribution in [0.4, 0.5) is 17.1 Å². The quantitative estimate of drug-likeness (QED) is 0.651. The number of benzene rings is 2. The third-order valence-corrected chi connectivity index (χ3v) is 2.48. The van der Waals surface area contributed by atoms with E-state index < -0.39 is 0 Å². The molecule has 0 aliphatic carbocycles. The number of nitrogens with one attached hydrogen (secondary N) is 1. The number of anilines is 2. The summed E-state index contributed by atoms with van der Waals surface area (Å²) in [4.78, 5) is 2.04. The van der Waals surface area contributed by atoms with Crippen LogP contribution in [-0.4, -0.2) is 14.1 Å². The van der Waals surface area contributed by atoms with Gasteiger partial charge in [0.25, 0.3) is 0 Å². The third-order valence-electron chi connectivity index (χ3n) is 2.48. The van der Waals surface area contributed by atoms with Gasteiger partial charge >= 0.3 is 0 Å². The van der Waals surface area contributed by atoms with Gasteiger partial charge in [0.15, 0.2) is 0 Å². The van der Waals surface area contributed by atoms with Crippen molar-refractivity contribution in [3.63, 3.8) is 0 Å². The summed E-state index contributed by atoms with van der Waals surface area (Å²) in [5, 5.41) is 8.05. The molecule has 1 N–H and O–H groups in total. The lowest BCUT2D eigenvalue weighted by Gasteiger charge is -2.11. The minimum absolute atomic E-state index is 0.823. The minimum Gasteiger partial charge on any atom is -0.378 e. The number of para-hydroxylation sites is 1. The fraction of sp³-hybridized carbons (Fsp3) is 0.143. The van der Waals surface area contributed by atoms with E-state index >= 15 is 0 Å². The second kappa shape index (κ2) is 5.82. The Balaban J connectivity index is 1.97. The molecule has 0 saturated heterocycles. The van der Waals surface area contributed by atoms with Crippen molar-refractivity contribution in [2.24, 2.45) is 10.3 Å². The van der Waals surface area contributed by atoms with Crippen molar-refractivity contribution in [1.82, 2.24) is 0 Å². The standard InChI is InChI=1S/C14H16N4/c1-18(2)14-10-8-13(9-11-14)16-17-15-12-6-4-3-5-7-12/h3-11H,1-2H3,(H,15,16). The molecule has 0 saturated carbocycles. The average Bonchev–Trinajstić information content (AvgIpc) is 2.40. The average molecular weight is 240 g/mol. The Labute approximate surface area is 107 Å². The largest absolute Gasteiger partial charge is 0.378 e. The van der Waals surface area contributed by atoms with E-state index in [9.17, 15) is 0 Å². The van der Waals surface area contributed by atoms with Crippen LogP contribution in [0, 0.1) is 0 Å². The van der Waals surface area contributed by atoms with Crippen LogP contribution >= 0.6 is 0 Å². The molecule has 0 heterocycles. The zero-order valence-corrected chi connectivity index (χ0v) is 10.5. The van der Waals surface area contributed by atoms with Gasteiger partial charge in [-0.15, -0.1) is 5.11 Å². The van der Waals surface area contributed by atoms with E-state index in [0.29, 0.717) is 0 Å². The fourth-order valence-corrected chi connectivity index (χ4v) is 1.47. The first kappa shape index (κ1) is 12.1. The highest BCUT2D eigenvalue weighted by Crippen LogP contribution is 2.18. The van der Waals surface area contributed by atoms with Crippen molar-refractivity contribution in [3.8, 4) is 0 Å². The first-order valence-corrected chi connectivity index (χ1v) is 5.75. The molecule has 2 aromatic carbocycles. The molecule has 0 atom stereocenters. The molecule has 2 rings (SSSR count). The SMILES string of the molecule is CN(C)c1ccc(N=NNc2ccccc2)cc1. The van der Waals surface area contributed by atoms with Gasteiger partial charge in [-0.05, 0) is 36.4 Å². The normalized spacial score (nSPS) is 10.6. The van der Waals surface area contributed by atoms with Crippen molar-refractivity contribution in [3.05, 3.63) is 54.6 Å². The fourth-order valence-electron chi connectivity index (χ4n) is 1.47. The van der Waals surface area contributed by atoms with E-state index in [1.54, 1.807) is 0 Å². The van der Waals surface area contributed by atoms with Crippen molar-refractivity contribution >= 4 is 17.1 Å². The number of hydrogen-bond donors (Lipinski definition) is 1. The van der Waals surface area contributed by atoms with Gasteiger partial charge in [0, 0.05) is 19.8 Å². The van der Waals surface area contributed by atoms with Crippen LogP contribution < -0.4 is 10.3 Å². The van der Waals surface area contributed by atoms with E-state index in [0.717, 1.165) is 17.1 Å². The van der Waals surface area contributed by atoms with Crippen LogP contribution in [0.1, 0.15) is 0 Å². The Bertz CT molecular complexity index is 503. The predicted octanol–water partition coefficient (Wildman–Crippen LogP) is 3.86. The summed E-state index contributed by atoms with van der Waals surface area (Å²) < 4.78 is 0. The summed E-state index contributed by atoms with van der Waals surface area (Å²) in [6, 6.07) is 17.6. The molecule has 0 aliphatic heterocycles. The molecule has 0 bridgehead atoms. The molecule has 92 valence electrons. The first-order valence-electron chi connectivity index (χ1n) is 5.75. The molecule has 4 nitrogen and oxygen atoms in total. The molecule has 0 radical (unpaired) electrons. The monoisotopic (exact) mass is 240 g/mol. The molecule has 0 spiro atoms. The topological polar surface area (TPSA) is 40.0 Å². The van der Waals surface area contributed by atoms with E-state index in [1.807, 2.05) is 73.6 Å². The molecule has 0 fully saturated rings. The molecule has 0 aliphatic rings. The third kappa shape index (κ3) is 3.31. The van der Waals surface area contributed by atoms with Crippen LogP contribution in [0.25, 0.3) is 0 Å². The van der Waals surface area contributed by atoms with Gasteiger partial charge in [-0.25, -0.2) is 0 Å². The summed E-state index contributed by atoms with van der Waals surface area (Å²) in [6.45, 7) is 0. The smallest absolute Gasteiger partial charge is 0.0875 e. The summed E-state index contributed by atoms with van der Waals surface area (Å²) >= 11 is 0. The maximum absolute atomic E-state index is 4.10. The molecule has 0 aromatic heterocycles. The summed E-state index contributed by atoms with van der Waals surface area (Å²) in [5.74, 6) is 0. The van der Waals surface area contributed by atoms with Gasteiger partial charge in [0.2, 0.25) is 0 Å². The lowest BCUT2D eigenvalue weighted by atomic mass is 10.3. The van der Waals surface area contributed by atoms with Gasteiger partial charge in [-0.1, -0.05) is 23.4 Å². The van der Waals surface area contributed by atoms with Crippen molar-refractivity contribution < 1.29 is 0 Å². The minimum atomic E-state index is 0.823. The molecule has 4 heteroatoms. The summed E-state index contributed by atoms with van der Waals surface area (Å²) in [7, 11) is 4.01. The van der Waals surface area contributed by atoms with Gasteiger partial charge in [0.05, 0.1) is 11.4 Å². The Morgan fingerprint density at radius 1 is 0.889 bits per heavy atom. The van der Waals surface area contributed by atoms with Crippen molar-refractivity contribution in [2.45, 2.75) is 0 Å². The highest BCUT2D eigenvalue weighted by atomic mass is 15.4. The Morgan fingerprint density at radius 2 is 1.56 bits per heavy atom. The van der Waals surface area contributed by atoms with Crippen molar-refractivity contribution in [1.29, 1.82) is 0 Å². The van der Waals surface area contributed by atoms with Crippen LogP contribution in [0.5, 0.6) is 0 Å². The Morgan fingerprint density at radius 3 is 2.17 bits per heavy atom. The van der Waals surface area contributed by atoms with E-state index in [-0.39, 0.29) is 0 Å². The van der Waals surface area contributed by atoms with E-state index in [4.69, 9.17) is 0 Å². The molecular formula is C14H16N4. The van der Waals surface area contributed by atoms with Gasteiger partial charge < -0.3 is 4.90 Å². The summed E-state index contributed by atoms with van der Waals surface area (Å²) in [5.41, 5.74) is 5.77. The lowest BCUT2D eigenvalue weighted by Crippen LogP contribution is -2.07. The van der Waals surface area contributed by atoms with Gasteiger partial charge in [-0.2, -0.15) is 0 Å². The number of nitrogens with zero attached hydrogens (tertiary/aromatic N) is 3. The molecule has 0 amide bonds. The van der Waals surface area contributed by atoms with Crippen LogP contribution in [0.2, 0.25) is 0 Å². The number of hydrogen-bond acceptors (Lipinski definition) is 3. The van der Waals surface area contributed by atoms with Crippen LogP contribution in [0.3, 0.4) is 0 Å². The van der Waals surface area contributed by atoms with Gasteiger partial charge in [-0.3, -0.25) is 5.43 Å². The second-order valence-corrected chi connectivity index (χ2v) is 4.09.